The summed E-state index contributed by atoms with van der Waals surface area (Å²) in [6, 6.07) is 26.1. The number of benzene rings is 4. The highest BCUT2D eigenvalue weighted by Gasteiger charge is 2.07. The highest BCUT2D eigenvalue weighted by Crippen LogP contribution is 2.28. The van der Waals surface area contributed by atoms with Gasteiger partial charge < -0.3 is 5.73 Å². The van der Waals surface area contributed by atoms with E-state index >= 15 is 0 Å². The van der Waals surface area contributed by atoms with Crippen LogP contribution in [0, 0.1) is 25.5 Å². The molecule has 4 rings (SSSR count). The zero-order valence-corrected chi connectivity index (χ0v) is 18.2. The summed E-state index contributed by atoms with van der Waals surface area (Å²) in [5.41, 5.74) is 13.3. The Hall–Kier alpha value is -3.37. The minimum absolute atomic E-state index is 0.220. The first kappa shape index (κ1) is 23.3. The molecule has 0 aliphatic carbocycles. The Morgan fingerprint density at radius 3 is 1.25 bits per heavy atom. The van der Waals surface area contributed by atoms with Crippen molar-refractivity contribution in [3.05, 3.63) is 119 Å². The normalized spacial score (nSPS) is 10.4. The van der Waals surface area contributed by atoms with Gasteiger partial charge in [0.05, 0.1) is 0 Å². The third-order valence-electron chi connectivity index (χ3n) is 5.30. The van der Waals surface area contributed by atoms with Gasteiger partial charge in [0.1, 0.15) is 18.4 Å². The van der Waals surface area contributed by atoms with Gasteiger partial charge >= 0.3 is 0 Å². The van der Waals surface area contributed by atoms with Crippen LogP contribution in [-0.4, -0.2) is 6.80 Å². The first-order chi connectivity index (χ1) is 15.4. The molecular formula is C28H26F3N. The van der Waals surface area contributed by atoms with E-state index in [-0.39, 0.29) is 11.6 Å². The predicted molar refractivity (Wildman–Crippen MR) is 126 cm³/mol. The first-order valence-electron chi connectivity index (χ1n) is 10.4. The lowest BCUT2D eigenvalue weighted by Crippen LogP contribution is -1.93. The molecule has 0 aliphatic heterocycles. The van der Waals surface area contributed by atoms with E-state index in [4.69, 9.17) is 0 Å². The van der Waals surface area contributed by atoms with E-state index in [1.54, 1.807) is 0 Å². The minimum atomic E-state index is -0.750. The van der Waals surface area contributed by atoms with Crippen LogP contribution >= 0.6 is 0 Å². The summed E-state index contributed by atoms with van der Waals surface area (Å²) >= 11 is 0. The third-order valence-corrected chi connectivity index (χ3v) is 5.30. The molecular weight excluding hydrogens is 407 g/mol. The van der Waals surface area contributed by atoms with Gasteiger partial charge in [-0.05, 0) is 89.0 Å². The molecule has 4 aromatic carbocycles. The predicted octanol–water partition coefficient (Wildman–Crippen LogP) is 7.38. The first-order valence-corrected chi connectivity index (χ1v) is 10.4. The minimum Gasteiger partial charge on any atom is -0.304 e. The highest BCUT2D eigenvalue weighted by molar-refractivity contribution is 5.69. The molecule has 0 spiro atoms. The van der Waals surface area contributed by atoms with Gasteiger partial charge in [0.15, 0.2) is 0 Å². The number of hydrogen-bond acceptors (Lipinski definition) is 1. The van der Waals surface area contributed by atoms with E-state index in [0.717, 1.165) is 28.7 Å². The molecule has 4 aromatic rings. The van der Waals surface area contributed by atoms with Crippen LogP contribution in [0.5, 0.6) is 0 Å². The largest absolute Gasteiger partial charge is 0.304 e. The Bertz CT molecular complexity index is 1070. The molecule has 0 saturated heterocycles. The molecule has 0 atom stereocenters. The quantitative estimate of drug-likeness (QED) is 0.334. The molecule has 164 valence electrons. The topological polar surface area (TPSA) is 26.0 Å². The van der Waals surface area contributed by atoms with E-state index in [9.17, 15) is 13.2 Å². The van der Waals surface area contributed by atoms with Crippen LogP contribution in [0.2, 0.25) is 0 Å². The van der Waals surface area contributed by atoms with E-state index in [1.807, 2.05) is 24.3 Å². The van der Waals surface area contributed by atoms with E-state index < -0.39 is 6.80 Å². The molecule has 0 fully saturated rings. The van der Waals surface area contributed by atoms with Crippen LogP contribution in [0.4, 0.5) is 13.2 Å². The molecule has 0 amide bonds. The van der Waals surface area contributed by atoms with Crippen molar-refractivity contribution >= 4 is 0 Å². The van der Waals surface area contributed by atoms with E-state index in [1.165, 1.54) is 46.5 Å². The standard InChI is InChI=1S/C27H22F2.CH4FN/c1-18-15-20(3-13-26(18)22-5-9-24(28)10-6-22)17-21-4-14-27(19(2)16-21)23-7-11-25(29)12-8-23;2-1-3/h3-16H,17H2,1-2H3;1,3H2. The van der Waals surface area contributed by atoms with Gasteiger partial charge in [-0.15, -0.1) is 0 Å². The summed E-state index contributed by atoms with van der Waals surface area (Å²) in [7, 11) is 0. The number of hydrogen-bond donors (Lipinski definition) is 1. The third kappa shape index (κ3) is 5.86. The van der Waals surface area contributed by atoms with Gasteiger partial charge in [0.25, 0.3) is 0 Å². The maximum atomic E-state index is 13.2. The van der Waals surface area contributed by atoms with Crippen molar-refractivity contribution in [2.75, 3.05) is 6.80 Å². The van der Waals surface area contributed by atoms with Gasteiger partial charge in [-0.2, -0.15) is 0 Å². The Morgan fingerprint density at radius 2 is 0.938 bits per heavy atom. The van der Waals surface area contributed by atoms with Crippen LogP contribution in [-0.2, 0) is 6.42 Å². The fraction of sp³-hybridized carbons (Fsp3) is 0.143. The Kier molecular flexibility index (Phi) is 7.85. The summed E-state index contributed by atoms with van der Waals surface area (Å²) in [5, 5.41) is 0. The lowest BCUT2D eigenvalue weighted by molar-refractivity contribution is 0.510. The summed E-state index contributed by atoms with van der Waals surface area (Å²) in [6.45, 7) is 3.43. The summed E-state index contributed by atoms with van der Waals surface area (Å²) in [6.07, 6.45) is 0.842. The second kappa shape index (κ2) is 10.8. The molecule has 0 bridgehead atoms. The van der Waals surface area contributed by atoms with Crippen molar-refractivity contribution in [3.63, 3.8) is 0 Å². The highest BCUT2D eigenvalue weighted by atomic mass is 19.1. The second-order valence-electron chi connectivity index (χ2n) is 7.64. The van der Waals surface area contributed by atoms with Crippen LogP contribution in [0.1, 0.15) is 22.3 Å². The van der Waals surface area contributed by atoms with Crippen molar-refractivity contribution < 1.29 is 13.2 Å². The zero-order valence-electron chi connectivity index (χ0n) is 18.2. The van der Waals surface area contributed by atoms with Crippen molar-refractivity contribution in [3.8, 4) is 22.3 Å². The van der Waals surface area contributed by atoms with Crippen molar-refractivity contribution in [2.24, 2.45) is 5.73 Å². The molecule has 0 unspecified atom stereocenters. The lowest BCUT2D eigenvalue weighted by Gasteiger charge is -2.11. The van der Waals surface area contributed by atoms with Crippen molar-refractivity contribution in [1.29, 1.82) is 0 Å². The van der Waals surface area contributed by atoms with Gasteiger partial charge in [-0.3, -0.25) is 0 Å². The maximum Gasteiger partial charge on any atom is 0.138 e. The van der Waals surface area contributed by atoms with E-state index in [0.29, 0.717) is 0 Å². The van der Waals surface area contributed by atoms with Crippen LogP contribution < -0.4 is 5.73 Å². The summed E-state index contributed by atoms with van der Waals surface area (Å²) in [4.78, 5) is 0. The average molecular weight is 434 g/mol. The molecule has 32 heavy (non-hydrogen) atoms. The molecule has 4 heteroatoms. The van der Waals surface area contributed by atoms with Gasteiger partial charge in [-0.1, -0.05) is 60.7 Å². The smallest absolute Gasteiger partial charge is 0.138 e. The van der Waals surface area contributed by atoms with Crippen LogP contribution in [0.25, 0.3) is 22.3 Å². The van der Waals surface area contributed by atoms with E-state index in [2.05, 4.69) is 56.0 Å². The van der Waals surface area contributed by atoms with Crippen LogP contribution in [0.15, 0.2) is 84.9 Å². The molecule has 2 N–H and O–H groups in total. The second-order valence-corrected chi connectivity index (χ2v) is 7.64. The average Bonchev–Trinajstić information content (AvgIpc) is 2.76. The monoisotopic (exact) mass is 433 g/mol. The number of halogens is 3. The summed E-state index contributed by atoms with van der Waals surface area (Å²) < 4.78 is 36.4. The molecule has 0 aromatic heterocycles. The maximum absolute atomic E-state index is 13.2. The molecule has 1 nitrogen and oxygen atoms in total. The van der Waals surface area contributed by atoms with Crippen molar-refractivity contribution in [2.45, 2.75) is 20.3 Å². The molecule has 0 aliphatic rings. The van der Waals surface area contributed by atoms with Gasteiger partial charge in [0.2, 0.25) is 0 Å². The molecule has 0 heterocycles. The van der Waals surface area contributed by atoms with Crippen LogP contribution in [0.3, 0.4) is 0 Å². The number of nitrogens with two attached hydrogens (primary N) is 1. The Morgan fingerprint density at radius 1 is 0.594 bits per heavy atom. The van der Waals surface area contributed by atoms with Crippen molar-refractivity contribution in [1.82, 2.24) is 0 Å². The SMILES string of the molecule is Cc1cc(Cc2ccc(-c3ccc(F)cc3)c(C)c2)ccc1-c1ccc(F)cc1.NCF. The Balaban J connectivity index is 0.000000913. The van der Waals surface area contributed by atoms with Gasteiger partial charge in [0, 0.05) is 0 Å². The lowest BCUT2D eigenvalue weighted by atomic mass is 9.93. The molecule has 0 radical (unpaired) electrons. The Labute approximate surface area is 187 Å². The zero-order chi connectivity index (χ0) is 23.1. The fourth-order valence-corrected chi connectivity index (χ4v) is 3.81. The number of alkyl halides is 1. The number of aryl methyl sites for hydroxylation is 2. The van der Waals surface area contributed by atoms with Gasteiger partial charge in [-0.25, -0.2) is 13.2 Å². The number of rotatable bonds is 4. The fourth-order valence-electron chi connectivity index (χ4n) is 3.81. The molecule has 0 saturated carbocycles. The summed E-state index contributed by atoms with van der Waals surface area (Å²) in [5.74, 6) is -0.440.